The average Bonchev–Trinajstić information content (AvgIpc) is 3.18. The molecule has 2 aliphatic rings. The van der Waals surface area contributed by atoms with E-state index in [-0.39, 0.29) is 0 Å². The van der Waals surface area contributed by atoms with Gasteiger partial charge in [-0.25, -0.2) is 9.97 Å². The minimum absolute atomic E-state index is 0.601. The Morgan fingerprint density at radius 1 is 1.20 bits per heavy atom. The van der Waals surface area contributed by atoms with Crippen LogP contribution in [0.4, 0.5) is 5.82 Å². The molecule has 4 nitrogen and oxygen atoms in total. The van der Waals surface area contributed by atoms with E-state index in [0.29, 0.717) is 12.1 Å². The van der Waals surface area contributed by atoms with Crippen molar-refractivity contribution < 1.29 is 0 Å². The molecule has 2 aromatic rings. The number of nitrogens with one attached hydrogen (secondary N) is 1. The Morgan fingerprint density at radius 3 is 3.10 bits per heavy atom. The standard InChI is InChI=1S/C15H20N4S/c1-2-8-19(13(5-1)12-4-3-7-16-12)14-11-6-9-20-15(11)18-10-17-14/h6,9-10,12-13,16H,1-5,7-8H2. The lowest BCUT2D eigenvalue weighted by Gasteiger charge is -2.40. The van der Waals surface area contributed by atoms with Gasteiger partial charge < -0.3 is 10.2 Å². The fourth-order valence-corrected chi connectivity index (χ4v) is 4.41. The van der Waals surface area contributed by atoms with Crippen molar-refractivity contribution in [1.29, 1.82) is 0 Å². The SMILES string of the molecule is c1nc(N2CCCCC2C2CCCN2)c2ccsc2n1. The van der Waals surface area contributed by atoms with Crippen LogP contribution in [0.3, 0.4) is 0 Å². The Balaban J connectivity index is 1.72. The summed E-state index contributed by atoms with van der Waals surface area (Å²) in [6.07, 6.45) is 8.25. The van der Waals surface area contributed by atoms with E-state index in [4.69, 9.17) is 0 Å². The van der Waals surface area contributed by atoms with Crippen molar-refractivity contribution >= 4 is 27.4 Å². The van der Waals surface area contributed by atoms with Crippen LogP contribution in [0.1, 0.15) is 32.1 Å². The molecule has 0 aromatic carbocycles. The van der Waals surface area contributed by atoms with Gasteiger partial charge in [-0.3, -0.25) is 0 Å². The van der Waals surface area contributed by atoms with Gasteiger partial charge in [0.1, 0.15) is 17.0 Å². The Bertz CT molecular complexity index is 590. The van der Waals surface area contributed by atoms with Gasteiger partial charge in [-0.05, 0) is 50.1 Å². The van der Waals surface area contributed by atoms with Crippen LogP contribution in [0.15, 0.2) is 17.8 Å². The van der Waals surface area contributed by atoms with Crippen LogP contribution >= 0.6 is 11.3 Å². The predicted octanol–water partition coefficient (Wildman–Crippen LogP) is 2.80. The molecule has 106 valence electrons. The Kier molecular flexibility index (Phi) is 3.32. The highest BCUT2D eigenvalue weighted by molar-refractivity contribution is 7.16. The number of piperidine rings is 1. The number of nitrogens with zero attached hydrogens (tertiary/aromatic N) is 3. The summed E-state index contributed by atoms with van der Waals surface area (Å²) in [5, 5.41) is 7.03. The van der Waals surface area contributed by atoms with E-state index in [1.54, 1.807) is 17.7 Å². The smallest absolute Gasteiger partial charge is 0.141 e. The fraction of sp³-hybridized carbons (Fsp3) is 0.600. The molecule has 2 atom stereocenters. The highest BCUT2D eigenvalue weighted by Crippen LogP contribution is 2.33. The van der Waals surface area contributed by atoms with Crippen LogP contribution < -0.4 is 10.2 Å². The zero-order valence-corrected chi connectivity index (χ0v) is 12.4. The maximum absolute atomic E-state index is 4.62. The van der Waals surface area contributed by atoms with Gasteiger partial charge in [0.15, 0.2) is 0 Å². The lowest BCUT2D eigenvalue weighted by atomic mass is 9.94. The topological polar surface area (TPSA) is 41.1 Å². The molecule has 0 saturated carbocycles. The molecule has 0 aliphatic carbocycles. The zero-order valence-electron chi connectivity index (χ0n) is 11.6. The molecule has 2 saturated heterocycles. The van der Waals surface area contributed by atoms with Crippen LogP contribution in [-0.2, 0) is 0 Å². The van der Waals surface area contributed by atoms with E-state index >= 15 is 0 Å². The molecule has 0 amide bonds. The molecule has 4 heterocycles. The first-order valence-electron chi connectivity index (χ1n) is 7.62. The van der Waals surface area contributed by atoms with Gasteiger partial charge in [-0.2, -0.15) is 0 Å². The number of fused-ring (bicyclic) bond motifs is 1. The van der Waals surface area contributed by atoms with Crippen molar-refractivity contribution in [3.8, 4) is 0 Å². The first kappa shape index (κ1) is 12.5. The van der Waals surface area contributed by atoms with E-state index in [1.807, 2.05) is 0 Å². The van der Waals surface area contributed by atoms with Crippen LogP contribution in [0.5, 0.6) is 0 Å². The van der Waals surface area contributed by atoms with E-state index in [9.17, 15) is 0 Å². The summed E-state index contributed by atoms with van der Waals surface area (Å²) in [6, 6.07) is 3.41. The molecule has 20 heavy (non-hydrogen) atoms. The molecule has 2 aromatic heterocycles. The summed E-state index contributed by atoms with van der Waals surface area (Å²) in [4.78, 5) is 12.7. The van der Waals surface area contributed by atoms with E-state index in [2.05, 4.69) is 31.6 Å². The average molecular weight is 288 g/mol. The molecule has 2 aliphatic heterocycles. The second kappa shape index (κ2) is 5.30. The van der Waals surface area contributed by atoms with Gasteiger partial charge in [-0.1, -0.05) is 0 Å². The lowest BCUT2D eigenvalue weighted by molar-refractivity contribution is 0.377. The Labute approximate surface area is 123 Å². The van der Waals surface area contributed by atoms with Crippen molar-refractivity contribution in [3.05, 3.63) is 17.8 Å². The number of rotatable bonds is 2. The largest absolute Gasteiger partial charge is 0.351 e. The minimum atomic E-state index is 0.601. The first-order valence-corrected chi connectivity index (χ1v) is 8.50. The van der Waals surface area contributed by atoms with Crippen LogP contribution in [-0.4, -0.2) is 35.1 Å². The monoisotopic (exact) mass is 288 g/mol. The van der Waals surface area contributed by atoms with E-state index in [0.717, 1.165) is 17.2 Å². The van der Waals surface area contributed by atoms with Gasteiger partial charge in [0.25, 0.3) is 0 Å². The molecule has 4 rings (SSSR count). The Hall–Kier alpha value is -1.20. The maximum Gasteiger partial charge on any atom is 0.141 e. The highest BCUT2D eigenvalue weighted by atomic mass is 32.1. The van der Waals surface area contributed by atoms with Gasteiger partial charge in [0.2, 0.25) is 0 Å². The summed E-state index contributed by atoms with van der Waals surface area (Å²) < 4.78 is 0. The molecule has 0 radical (unpaired) electrons. The maximum atomic E-state index is 4.62. The van der Waals surface area contributed by atoms with Crippen molar-refractivity contribution in [1.82, 2.24) is 15.3 Å². The molecule has 2 unspecified atom stereocenters. The van der Waals surface area contributed by atoms with Crippen LogP contribution in [0, 0.1) is 0 Å². The summed E-state index contributed by atoms with van der Waals surface area (Å²) in [7, 11) is 0. The number of hydrogen-bond donors (Lipinski definition) is 1. The number of aromatic nitrogens is 2. The molecular weight excluding hydrogens is 268 g/mol. The minimum Gasteiger partial charge on any atom is -0.351 e. The number of hydrogen-bond acceptors (Lipinski definition) is 5. The summed E-state index contributed by atoms with van der Waals surface area (Å²) in [5.41, 5.74) is 0. The van der Waals surface area contributed by atoms with Gasteiger partial charge in [-0.15, -0.1) is 11.3 Å². The first-order chi connectivity index (χ1) is 9.93. The third-order valence-corrected chi connectivity index (χ3v) is 5.45. The fourth-order valence-electron chi connectivity index (χ4n) is 3.68. The highest BCUT2D eigenvalue weighted by Gasteiger charge is 2.33. The summed E-state index contributed by atoms with van der Waals surface area (Å²) >= 11 is 1.71. The third-order valence-electron chi connectivity index (χ3n) is 4.62. The van der Waals surface area contributed by atoms with Gasteiger partial charge in [0.05, 0.1) is 5.39 Å². The van der Waals surface area contributed by atoms with Crippen molar-refractivity contribution in [3.63, 3.8) is 0 Å². The third kappa shape index (κ3) is 2.09. The van der Waals surface area contributed by atoms with Crippen LogP contribution in [0.25, 0.3) is 10.2 Å². The van der Waals surface area contributed by atoms with E-state index < -0.39 is 0 Å². The van der Waals surface area contributed by atoms with Gasteiger partial charge in [0, 0.05) is 18.6 Å². The van der Waals surface area contributed by atoms with Gasteiger partial charge >= 0.3 is 0 Å². The number of thiophene rings is 1. The molecule has 2 fully saturated rings. The van der Waals surface area contributed by atoms with Crippen LogP contribution in [0.2, 0.25) is 0 Å². The van der Waals surface area contributed by atoms with Crippen molar-refractivity contribution in [2.24, 2.45) is 0 Å². The second-order valence-corrected chi connectivity index (χ2v) is 6.69. The van der Waals surface area contributed by atoms with E-state index in [1.165, 1.54) is 44.0 Å². The second-order valence-electron chi connectivity index (χ2n) is 5.80. The molecule has 1 N–H and O–H groups in total. The predicted molar refractivity (Wildman–Crippen MR) is 83.4 cm³/mol. The zero-order chi connectivity index (χ0) is 13.4. The molecule has 5 heteroatoms. The Morgan fingerprint density at radius 2 is 2.20 bits per heavy atom. The lowest BCUT2D eigenvalue weighted by Crippen LogP contribution is -2.50. The summed E-state index contributed by atoms with van der Waals surface area (Å²) in [5.74, 6) is 1.15. The quantitative estimate of drug-likeness (QED) is 0.922. The van der Waals surface area contributed by atoms with Crippen molar-refractivity contribution in [2.75, 3.05) is 18.0 Å². The van der Waals surface area contributed by atoms with Crippen molar-refractivity contribution in [2.45, 2.75) is 44.2 Å². The molecule has 0 bridgehead atoms. The molecule has 0 spiro atoms. The number of anilines is 1. The molecular formula is C15H20N4S. The normalized spacial score (nSPS) is 27.3. The summed E-state index contributed by atoms with van der Waals surface area (Å²) in [6.45, 7) is 2.30.